The van der Waals surface area contributed by atoms with E-state index < -0.39 is 20.7 Å². The molecule has 0 heterocycles. The molecule has 0 amide bonds. The third-order valence-electron chi connectivity index (χ3n) is 3.06. The average Bonchev–Trinajstić information content (AvgIpc) is 2.48. The van der Waals surface area contributed by atoms with Gasteiger partial charge in [-0.1, -0.05) is 18.2 Å². The fraction of sp³-hybridized carbons (Fsp3) is 0.133. The van der Waals surface area contributed by atoms with Gasteiger partial charge in [0, 0.05) is 11.6 Å². The lowest BCUT2D eigenvalue weighted by atomic mass is 10.2. The number of Topliss-reactive ketones (excluding diaryl/α,β-unsaturated/α-hetero) is 1. The molecule has 0 bridgehead atoms. The van der Waals surface area contributed by atoms with E-state index in [4.69, 9.17) is 4.18 Å². The molecule has 0 aliphatic carbocycles. The lowest BCUT2D eigenvalue weighted by Crippen LogP contribution is -2.11. The molecule has 0 N–H and O–H groups in total. The van der Waals surface area contributed by atoms with Gasteiger partial charge in [0.1, 0.15) is 4.90 Å². The largest absolute Gasteiger partial charge is 0.372 e. The Morgan fingerprint density at radius 2 is 1.74 bits per heavy atom. The summed E-state index contributed by atoms with van der Waals surface area (Å²) >= 11 is 0. The molecule has 0 unspecified atom stereocenters. The first kappa shape index (κ1) is 16.6. The molecule has 0 aromatic heterocycles. The van der Waals surface area contributed by atoms with Crippen molar-refractivity contribution in [3.05, 3.63) is 63.7 Å². The number of nitro groups is 1. The highest BCUT2D eigenvalue weighted by molar-refractivity contribution is 7.87. The summed E-state index contributed by atoms with van der Waals surface area (Å²) in [6.07, 6.45) is 0. The van der Waals surface area contributed by atoms with E-state index >= 15 is 0 Å². The normalized spacial score (nSPS) is 11.0. The van der Waals surface area contributed by atoms with E-state index in [9.17, 15) is 23.3 Å². The number of hydrogen-bond acceptors (Lipinski definition) is 6. The van der Waals surface area contributed by atoms with Crippen molar-refractivity contribution in [2.75, 3.05) is 0 Å². The van der Waals surface area contributed by atoms with E-state index in [2.05, 4.69) is 0 Å². The molecule has 0 radical (unpaired) electrons. The summed E-state index contributed by atoms with van der Waals surface area (Å²) in [6.45, 7) is 3.00. The molecular formula is C15H13NO6S. The summed E-state index contributed by atoms with van der Waals surface area (Å²) in [5.74, 6) is -0.569. The van der Waals surface area contributed by atoms with Crippen LogP contribution in [0.5, 0.6) is 5.75 Å². The van der Waals surface area contributed by atoms with Crippen molar-refractivity contribution < 1.29 is 22.3 Å². The number of ketones is 1. The van der Waals surface area contributed by atoms with E-state index in [0.717, 1.165) is 0 Å². The lowest BCUT2D eigenvalue weighted by Gasteiger charge is -2.08. The SMILES string of the molecule is CC(=O)c1ccc(S(=O)(=O)Oc2ccc(C)cc2[N+](=O)[O-])cc1. The zero-order valence-corrected chi connectivity index (χ0v) is 13.2. The number of carbonyl (C=O) groups is 1. The monoisotopic (exact) mass is 335 g/mol. The van der Waals surface area contributed by atoms with Crippen molar-refractivity contribution in [1.29, 1.82) is 0 Å². The van der Waals surface area contributed by atoms with Crippen LogP contribution < -0.4 is 4.18 Å². The smallest absolute Gasteiger partial charge is 0.339 e. The molecule has 0 fully saturated rings. The minimum absolute atomic E-state index is 0.197. The maximum Gasteiger partial charge on any atom is 0.339 e. The molecule has 120 valence electrons. The molecule has 2 rings (SSSR count). The van der Waals surface area contributed by atoms with Crippen LogP contribution in [-0.2, 0) is 10.1 Å². The van der Waals surface area contributed by atoms with E-state index in [0.29, 0.717) is 11.1 Å². The van der Waals surface area contributed by atoms with Gasteiger partial charge >= 0.3 is 15.8 Å². The Morgan fingerprint density at radius 3 is 2.26 bits per heavy atom. The van der Waals surface area contributed by atoms with Crippen molar-refractivity contribution in [2.24, 2.45) is 0 Å². The maximum absolute atomic E-state index is 12.2. The van der Waals surface area contributed by atoms with Crippen molar-refractivity contribution >= 4 is 21.6 Å². The van der Waals surface area contributed by atoms with Gasteiger partial charge in [-0.15, -0.1) is 0 Å². The molecular weight excluding hydrogens is 322 g/mol. The Labute approximate surface area is 132 Å². The number of carbonyl (C=O) groups excluding carboxylic acids is 1. The highest BCUT2D eigenvalue weighted by Gasteiger charge is 2.23. The van der Waals surface area contributed by atoms with E-state index in [1.807, 2.05) is 0 Å². The molecule has 7 nitrogen and oxygen atoms in total. The van der Waals surface area contributed by atoms with Crippen LogP contribution in [0.1, 0.15) is 22.8 Å². The van der Waals surface area contributed by atoms with Crippen LogP contribution in [0.15, 0.2) is 47.4 Å². The van der Waals surface area contributed by atoms with E-state index in [1.165, 1.54) is 49.4 Å². The number of aryl methyl sites for hydroxylation is 1. The standard InChI is InChI=1S/C15H13NO6S/c1-10-3-8-15(14(9-10)16(18)19)22-23(20,21)13-6-4-12(5-7-13)11(2)17/h3-9H,1-2H3. The topological polar surface area (TPSA) is 104 Å². The quantitative estimate of drug-likeness (QED) is 0.360. The summed E-state index contributed by atoms with van der Waals surface area (Å²) in [5, 5.41) is 11.0. The Hall–Kier alpha value is -2.74. The first-order valence-corrected chi connectivity index (χ1v) is 7.92. The summed E-state index contributed by atoms with van der Waals surface area (Å²) in [7, 11) is -4.24. The summed E-state index contributed by atoms with van der Waals surface area (Å²) < 4.78 is 29.3. The number of hydrogen-bond donors (Lipinski definition) is 0. The third-order valence-corrected chi connectivity index (χ3v) is 4.31. The molecule has 0 atom stereocenters. The van der Waals surface area contributed by atoms with Gasteiger partial charge in [-0.3, -0.25) is 14.9 Å². The Bertz CT molecular complexity index is 871. The second kappa shape index (κ2) is 6.17. The van der Waals surface area contributed by atoms with Gasteiger partial charge in [0.2, 0.25) is 5.75 Å². The molecule has 0 aliphatic heterocycles. The lowest BCUT2D eigenvalue weighted by molar-refractivity contribution is -0.385. The molecule has 2 aromatic rings. The fourth-order valence-corrected chi connectivity index (χ4v) is 2.81. The van der Waals surface area contributed by atoms with Crippen molar-refractivity contribution in [3.63, 3.8) is 0 Å². The van der Waals surface area contributed by atoms with Crippen LogP contribution in [0.2, 0.25) is 0 Å². The van der Waals surface area contributed by atoms with Gasteiger partial charge in [0.15, 0.2) is 5.78 Å². The molecule has 0 aliphatic rings. The van der Waals surface area contributed by atoms with Gasteiger partial charge < -0.3 is 4.18 Å². The zero-order chi connectivity index (χ0) is 17.2. The van der Waals surface area contributed by atoms with Crippen molar-refractivity contribution in [2.45, 2.75) is 18.7 Å². The van der Waals surface area contributed by atoms with Crippen LogP contribution in [0.25, 0.3) is 0 Å². The summed E-state index contributed by atoms with van der Waals surface area (Å²) in [4.78, 5) is 21.3. The number of nitrogens with zero attached hydrogens (tertiary/aromatic N) is 1. The van der Waals surface area contributed by atoms with Gasteiger partial charge in [0.05, 0.1) is 4.92 Å². The van der Waals surface area contributed by atoms with Crippen LogP contribution in [0.3, 0.4) is 0 Å². The fourth-order valence-electron chi connectivity index (χ4n) is 1.86. The predicted octanol–water partition coefficient (Wildman–Crippen LogP) is 2.87. The second-order valence-electron chi connectivity index (χ2n) is 4.85. The number of nitro benzene ring substituents is 1. The first-order valence-electron chi connectivity index (χ1n) is 6.51. The molecule has 0 saturated heterocycles. The van der Waals surface area contributed by atoms with Crippen molar-refractivity contribution in [3.8, 4) is 5.75 Å². The summed E-state index contributed by atoms with van der Waals surface area (Å²) in [6, 6.07) is 9.10. The molecule has 0 spiro atoms. The third kappa shape index (κ3) is 3.72. The van der Waals surface area contributed by atoms with Gasteiger partial charge in [-0.05, 0) is 37.6 Å². The minimum Gasteiger partial charge on any atom is -0.372 e. The highest BCUT2D eigenvalue weighted by Crippen LogP contribution is 2.30. The second-order valence-corrected chi connectivity index (χ2v) is 6.39. The Balaban J connectivity index is 2.39. The van der Waals surface area contributed by atoms with E-state index in [-0.39, 0.29) is 16.4 Å². The van der Waals surface area contributed by atoms with Crippen molar-refractivity contribution in [1.82, 2.24) is 0 Å². The van der Waals surface area contributed by atoms with Gasteiger partial charge in [-0.25, -0.2) is 0 Å². The average molecular weight is 335 g/mol. The van der Waals surface area contributed by atoms with Crippen LogP contribution in [0.4, 0.5) is 5.69 Å². The van der Waals surface area contributed by atoms with Crippen LogP contribution >= 0.6 is 0 Å². The molecule has 2 aromatic carbocycles. The maximum atomic E-state index is 12.2. The Kier molecular flexibility index (Phi) is 4.46. The molecule has 23 heavy (non-hydrogen) atoms. The highest BCUT2D eigenvalue weighted by atomic mass is 32.2. The van der Waals surface area contributed by atoms with Crippen LogP contribution in [-0.4, -0.2) is 19.1 Å². The molecule has 8 heteroatoms. The summed E-state index contributed by atoms with van der Waals surface area (Å²) in [5.41, 5.74) is 0.520. The zero-order valence-electron chi connectivity index (χ0n) is 12.3. The molecule has 0 saturated carbocycles. The van der Waals surface area contributed by atoms with Gasteiger partial charge in [0.25, 0.3) is 0 Å². The minimum atomic E-state index is -4.24. The first-order chi connectivity index (χ1) is 10.7. The number of rotatable bonds is 5. The van der Waals surface area contributed by atoms with Gasteiger partial charge in [-0.2, -0.15) is 8.42 Å². The predicted molar refractivity (Wildman–Crippen MR) is 82.1 cm³/mol. The Morgan fingerprint density at radius 1 is 1.13 bits per heavy atom. The van der Waals surface area contributed by atoms with Crippen LogP contribution in [0, 0.1) is 17.0 Å². The van der Waals surface area contributed by atoms with E-state index in [1.54, 1.807) is 6.92 Å². The number of benzene rings is 2.